The van der Waals surface area contributed by atoms with Gasteiger partial charge in [0.1, 0.15) is 18.3 Å². The van der Waals surface area contributed by atoms with Gasteiger partial charge in [0, 0.05) is 5.69 Å². The molecule has 0 aromatic heterocycles. The summed E-state index contributed by atoms with van der Waals surface area (Å²) in [5.41, 5.74) is 1.85. The minimum Gasteiger partial charge on any atom is -0.394 e. The van der Waals surface area contributed by atoms with Gasteiger partial charge in [-0.05, 0) is 23.6 Å². The van der Waals surface area contributed by atoms with Crippen LogP contribution in [0.15, 0.2) is 24.3 Å². The normalized spacial score (nSPS) is 15.6. The van der Waals surface area contributed by atoms with E-state index in [2.05, 4.69) is 19.2 Å². The first-order chi connectivity index (χ1) is 9.86. The third-order valence-electron chi connectivity index (χ3n) is 3.25. The first kappa shape index (κ1) is 17.6. The van der Waals surface area contributed by atoms with Crippen molar-refractivity contribution in [2.45, 2.75) is 38.1 Å². The summed E-state index contributed by atoms with van der Waals surface area (Å²) < 4.78 is 0. The average molecular weight is 297 g/mol. The van der Waals surface area contributed by atoms with E-state index in [9.17, 15) is 20.1 Å². The fraction of sp³-hybridized carbons (Fsp3) is 0.533. The highest BCUT2D eigenvalue weighted by molar-refractivity contribution is 5.87. The Kier molecular flexibility index (Phi) is 6.77. The minimum atomic E-state index is -1.74. The molecule has 1 aromatic carbocycles. The van der Waals surface area contributed by atoms with E-state index in [1.165, 1.54) is 0 Å². The molecule has 118 valence electrons. The van der Waals surface area contributed by atoms with Crippen LogP contribution >= 0.6 is 0 Å². The highest BCUT2D eigenvalue weighted by Gasteiger charge is 2.29. The van der Waals surface area contributed by atoms with Crippen molar-refractivity contribution in [2.75, 3.05) is 18.5 Å². The van der Waals surface area contributed by atoms with Crippen molar-refractivity contribution in [1.82, 2.24) is 0 Å². The minimum absolute atomic E-state index is 0.183. The van der Waals surface area contributed by atoms with Gasteiger partial charge in [0.25, 0.3) is 0 Å². The summed E-state index contributed by atoms with van der Waals surface area (Å²) in [5.74, 6) is -0.306. The Morgan fingerprint density at radius 1 is 1.24 bits per heavy atom. The van der Waals surface area contributed by atoms with E-state index < -0.39 is 30.7 Å². The lowest BCUT2D eigenvalue weighted by molar-refractivity contribution is -0.138. The third-order valence-corrected chi connectivity index (χ3v) is 3.25. The zero-order valence-corrected chi connectivity index (χ0v) is 12.2. The summed E-state index contributed by atoms with van der Waals surface area (Å²) >= 11 is 0. The zero-order chi connectivity index (χ0) is 16.0. The Labute approximate surface area is 124 Å². The highest BCUT2D eigenvalue weighted by atomic mass is 16.4. The number of ketones is 1. The maximum atomic E-state index is 11.7. The van der Waals surface area contributed by atoms with E-state index in [0.717, 1.165) is 11.3 Å². The smallest absolute Gasteiger partial charge is 0.182 e. The second-order valence-electron chi connectivity index (χ2n) is 5.29. The Hall–Kier alpha value is -1.47. The van der Waals surface area contributed by atoms with Crippen molar-refractivity contribution in [3.05, 3.63) is 29.8 Å². The van der Waals surface area contributed by atoms with E-state index in [0.29, 0.717) is 5.92 Å². The largest absolute Gasteiger partial charge is 0.394 e. The lowest BCUT2D eigenvalue weighted by atomic mass is 10.0. The second kappa shape index (κ2) is 8.09. The van der Waals surface area contributed by atoms with Gasteiger partial charge in [0.05, 0.1) is 13.2 Å². The van der Waals surface area contributed by atoms with E-state index in [-0.39, 0.29) is 6.54 Å². The molecule has 21 heavy (non-hydrogen) atoms. The van der Waals surface area contributed by atoms with E-state index >= 15 is 0 Å². The molecule has 5 N–H and O–H groups in total. The monoisotopic (exact) mass is 297 g/mol. The zero-order valence-electron chi connectivity index (χ0n) is 12.2. The third kappa shape index (κ3) is 5.09. The topological polar surface area (TPSA) is 110 Å². The van der Waals surface area contributed by atoms with E-state index in [4.69, 9.17) is 5.11 Å². The van der Waals surface area contributed by atoms with Gasteiger partial charge in [-0.3, -0.25) is 4.79 Å². The molecule has 0 aliphatic carbocycles. The molecule has 0 spiro atoms. The second-order valence-corrected chi connectivity index (χ2v) is 5.29. The molecule has 0 radical (unpaired) electrons. The number of rotatable bonds is 8. The van der Waals surface area contributed by atoms with Crippen LogP contribution in [0.25, 0.3) is 0 Å². The molecular weight excluding hydrogens is 274 g/mol. The molecule has 6 nitrogen and oxygen atoms in total. The van der Waals surface area contributed by atoms with E-state index in [1.807, 2.05) is 18.2 Å². The summed E-state index contributed by atoms with van der Waals surface area (Å²) in [6.45, 7) is 3.20. The molecule has 0 amide bonds. The van der Waals surface area contributed by atoms with Gasteiger partial charge in [-0.15, -0.1) is 0 Å². The van der Waals surface area contributed by atoms with Gasteiger partial charge >= 0.3 is 0 Å². The van der Waals surface area contributed by atoms with Gasteiger partial charge in [-0.25, -0.2) is 0 Å². The number of aliphatic hydroxyl groups excluding tert-OH is 4. The van der Waals surface area contributed by atoms with Crippen LogP contribution in [0.4, 0.5) is 5.69 Å². The van der Waals surface area contributed by atoms with Crippen molar-refractivity contribution in [2.24, 2.45) is 0 Å². The standard InChI is InChI=1S/C15H23NO5/c1-9(2)10-4-3-5-11(6-10)16-7-12(18)14(20)15(21)13(19)8-17/h3-6,9,13-17,19-21H,7-8H2,1-2H3/t13-,14-,15-/m1/s1. The lowest BCUT2D eigenvalue weighted by Crippen LogP contribution is -2.45. The van der Waals surface area contributed by atoms with Crippen LogP contribution < -0.4 is 5.32 Å². The predicted octanol–water partition coefficient (Wildman–Crippen LogP) is -0.134. The van der Waals surface area contributed by atoms with Crippen LogP contribution in [-0.2, 0) is 4.79 Å². The van der Waals surface area contributed by atoms with Crippen LogP contribution in [0.5, 0.6) is 0 Å². The van der Waals surface area contributed by atoms with Crippen molar-refractivity contribution in [3.8, 4) is 0 Å². The number of Topliss-reactive ketones (excluding diaryl/α,β-unsaturated/α-hetero) is 1. The fourth-order valence-corrected chi connectivity index (χ4v) is 1.81. The molecule has 0 aliphatic heterocycles. The molecule has 0 aliphatic rings. The van der Waals surface area contributed by atoms with Crippen LogP contribution in [-0.4, -0.2) is 57.7 Å². The van der Waals surface area contributed by atoms with Crippen LogP contribution in [0, 0.1) is 0 Å². The molecule has 1 rings (SSSR count). The number of aliphatic hydroxyl groups is 4. The van der Waals surface area contributed by atoms with Gasteiger partial charge < -0.3 is 25.7 Å². The summed E-state index contributed by atoms with van der Waals surface area (Å²) in [6, 6.07) is 7.55. The molecule has 3 atom stereocenters. The number of hydrogen-bond acceptors (Lipinski definition) is 6. The van der Waals surface area contributed by atoms with Crippen LogP contribution in [0.3, 0.4) is 0 Å². The van der Waals surface area contributed by atoms with Gasteiger partial charge in [-0.2, -0.15) is 0 Å². The van der Waals surface area contributed by atoms with Gasteiger partial charge in [0.15, 0.2) is 5.78 Å². The quantitative estimate of drug-likeness (QED) is 0.457. The molecule has 0 saturated carbocycles. The molecule has 0 unspecified atom stereocenters. The molecule has 1 aromatic rings. The van der Waals surface area contributed by atoms with Crippen molar-refractivity contribution in [3.63, 3.8) is 0 Å². The average Bonchev–Trinajstić information content (AvgIpc) is 2.50. The van der Waals surface area contributed by atoms with Gasteiger partial charge in [0.2, 0.25) is 0 Å². The number of nitrogens with one attached hydrogen (secondary N) is 1. The summed E-state index contributed by atoms with van der Waals surface area (Å²) in [4.78, 5) is 11.7. The Balaban J connectivity index is 2.58. The molecule has 6 heteroatoms. The van der Waals surface area contributed by atoms with Crippen molar-refractivity contribution in [1.29, 1.82) is 0 Å². The molecular formula is C15H23NO5. The Bertz CT molecular complexity index is 463. The Morgan fingerprint density at radius 2 is 1.90 bits per heavy atom. The van der Waals surface area contributed by atoms with Crippen LogP contribution in [0.1, 0.15) is 25.3 Å². The fourth-order valence-electron chi connectivity index (χ4n) is 1.81. The summed E-state index contributed by atoms with van der Waals surface area (Å²) in [6.07, 6.45) is -4.99. The number of benzene rings is 1. The van der Waals surface area contributed by atoms with Crippen molar-refractivity contribution >= 4 is 11.5 Å². The Morgan fingerprint density at radius 3 is 2.48 bits per heavy atom. The molecule has 0 saturated heterocycles. The number of hydrogen-bond donors (Lipinski definition) is 5. The van der Waals surface area contributed by atoms with E-state index in [1.54, 1.807) is 6.07 Å². The summed E-state index contributed by atoms with van der Waals surface area (Å²) in [5, 5.41) is 39.8. The molecule has 0 fully saturated rings. The first-order valence-electron chi connectivity index (χ1n) is 6.88. The van der Waals surface area contributed by atoms with Gasteiger partial charge in [-0.1, -0.05) is 26.0 Å². The van der Waals surface area contributed by atoms with Crippen molar-refractivity contribution < 1.29 is 25.2 Å². The molecule has 0 heterocycles. The highest BCUT2D eigenvalue weighted by Crippen LogP contribution is 2.18. The number of carbonyl (C=O) groups is 1. The van der Waals surface area contributed by atoms with Crippen LogP contribution in [0.2, 0.25) is 0 Å². The maximum absolute atomic E-state index is 11.7. The SMILES string of the molecule is CC(C)c1cccc(NCC(=O)[C@@H](O)[C@H](O)[C@H](O)CO)c1. The lowest BCUT2D eigenvalue weighted by Gasteiger charge is -2.20. The number of anilines is 1. The summed E-state index contributed by atoms with van der Waals surface area (Å²) in [7, 11) is 0. The maximum Gasteiger partial charge on any atom is 0.182 e. The molecule has 0 bridgehead atoms. The predicted molar refractivity (Wildman–Crippen MR) is 79.1 cm³/mol. The number of carbonyl (C=O) groups excluding carboxylic acids is 1. The first-order valence-corrected chi connectivity index (χ1v) is 6.88.